The number of nitrogens with two attached hydrogens (primary N) is 1. The maximum absolute atomic E-state index is 5.56. The Hall–Kier alpha value is -1.58. The molecular weight excluding hydrogens is 152 g/mol. The molecule has 0 aliphatic rings. The SMILES string of the molecule is CC.Nc1ccnc2ccnn12. The van der Waals surface area contributed by atoms with Crippen LogP contribution >= 0.6 is 0 Å². The third kappa shape index (κ3) is 1.37. The number of rotatable bonds is 0. The Morgan fingerprint density at radius 1 is 1.25 bits per heavy atom. The van der Waals surface area contributed by atoms with E-state index in [4.69, 9.17) is 5.73 Å². The largest absolute Gasteiger partial charge is 0.384 e. The minimum Gasteiger partial charge on any atom is -0.384 e. The summed E-state index contributed by atoms with van der Waals surface area (Å²) < 4.78 is 1.58. The fourth-order valence-corrected chi connectivity index (χ4v) is 0.854. The second-order valence-electron chi connectivity index (χ2n) is 1.97. The highest BCUT2D eigenvalue weighted by molar-refractivity contribution is 5.43. The lowest BCUT2D eigenvalue weighted by molar-refractivity contribution is 0.952. The second-order valence-corrected chi connectivity index (χ2v) is 1.97. The van der Waals surface area contributed by atoms with Crippen LogP contribution in [-0.2, 0) is 0 Å². The van der Waals surface area contributed by atoms with E-state index in [2.05, 4.69) is 10.1 Å². The van der Waals surface area contributed by atoms with Crippen molar-refractivity contribution in [2.45, 2.75) is 13.8 Å². The topological polar surface area (TPSA) is 56.2 Å². The van der Waals surface area contributed by atoms with E-state index in [1.807, 2.05) is 13.8 Å². The number of nitrogens with zero attached hydrogens (tertiary/aromatic N) is 3. The van der Waals surface area contributed by atoms with E-state index in [0.29, 0.717) is 5.82 Å². The van der Waals surface area contributed by atoms with Gasteiger partial charge in [-0.25, -0.2) is 4.98 Å². The highest BCUT2D eigenvalue weighted by Crippen LogP contribution is 2.02. The van der Waals surface area contributed by atoms with Crippen molar-refractivity contribution >= 4 is 11.5 Å². The second kappa shape index (κ2) is 3.71. The molecule has 0 aromatic carbocycles. The molecule has 2 heterocycles. The Balaban J connectivity index is 0.000000336. The lowest BCUT2D eigenvalue weighted by Crippen LogP contribution is -1.97. The number of aromatic nitrogens is 3. The van der Waals surface area contributed by atoms with E-state index in [0.717, 1.165) is 5.65 Å². The van der Waals surface area contributed by atoms with E-state index in [1.165, 1.54) is 0 Å². The van der Waals surface area contributed by atoms with Crippen molar-refractivity contribution < 1.29 is 0 Å². The van der Waals surface area contributed by atoms with Crippen LogP contribution in [0.25, 0.3) is 5.65 Å². The van der Waals surface area contributed by atoms with E-state index < -0.39 is 0 Å². The molecule has 4 nitrogen and oxygen atoms in total. The van der Waals surface area contributed by atoms with Crippen LogP contribution in [0.2, 0.25) is 0 Å². The summed E-state index contributed by atoms with van der Waals surface area (Å²) in [6, 6.07) is 3.51. The van der Waals surface area contributed by atoms with Crippen molar-refractivity contribution in [1.29, 1.82) is 0 Å². The lowest BCUT2D eigenvalue weighted by atomic mass is 10.6. The number of nitrogen functional groups attached to an aromatic ring is 1. The average molecular weight is 164 g/mol. The molecule has 2 aromatic rings. The molecule has 4 heteroatoms. The monoisotopic (exact) mass is 164 g/mol. The predicted molar refractivity (Wildman–Crippen MR) is 48.7 cm³/mol. The third-order valence-corrected chi connectivity index (χ3v) is 1.32. The maximum Gasteiger partial charge on any atom is 0.157 e. The first-order valence-corrected chi connectivity index (χ1v) is 3.92. The molecule has 2 aromatic heterocycles. The third-order valence-electron chi connectivity index (χ3n) is 1.32. The van der Waals surface area contributed by atoms with Gasteiger partial charge in [-0.2, -0.15) is 9.61 Å². The van der Waals surface area contributed by atoms with Crippen LogP contribution in [0.5, 0.6) is 0 Å². The maximum atomic E-state index is 5.56. The van der Waals surface area contributed by atoms with Crippen LogP contribution < -0.4 is 5.73 Å². The van der Waals surface area contributed by atoms with Gasteiger partial charge >= 0.3 is 0 Å². The standard InChI is InChI=1S/C6H6N4.C2H6/c7-5-1-3-8-6-2-4-9-10(5)6;1-2/h1-4H,7H2;1-2H3. The van der Waals surface area contributed by atoms with E-state index in [1.54, 1.807) is 29.0 Å². The molecule has 0 fully saturated rings. The van der Waals surface area contributed by atoms with Gasteiger partial charge < -0.3 is 5.73 Å². The van der Waals surface area contributed by atoms with Crippen LogP contribution in [0, 0.1) is 0 Å². The summed E-state index contributed by atoms with van der Waals surface area (Å²) in [7, 11) is 0. The number of fused-ring (bicyclic) bond motifs is 1. The molecule has 0 saturated heterocycles. The van der Waals surface area contributed by atoms with Crippen molar-refractivity contribution in [1.82, 2.24) is 14.6 Å². The van der Waals surface area contributed by atoms with Gasteiger partial charge in [0.1, 0.15) is 5.82 Å². The summed E-state index contributed by atoms with van der Waals surface area (Å²) in [6.45, 7) is 4.00. The smallest absolute Gasteiger partial charge is 0.157 e. The van der Waals surface area contributed by atoms with Crippen molar-refractivity contribution in [2.75, 3.05) is 5.73 Å². The molecule has 0 radical (unpaired) electrons. The molecule has 0 bridgehead atoms. The van der Waals surface area contributed by atoms with Crippen LogP contribution in [0.15, 0.2) is 24.5 Å². The Kier molecular flexibility index (Phi) is 2.63. The Bertz CT molecular complexity index is 353. The quantitative estimate of drug-likeness (QED) is 0.639. The minimum absolute atomic E-state index is 0.606. The summed E-state index contributed by atoms with van der Waals surface area (Å²) in [4.78, 5) is 4.02. The molecule has 0 aliphatic carbocycles. The van der Waals surface area contributed by atoms with Gasteiger partial charge in [0.15, 0.2) is 5.65 Å². The molecule has 0 aliphatic heterocycles. The van der Waals surface area contributed by atoms with Gasteiger partial charge in [0, 0.05) is 12.3 Å². The first-order chi connectivity index (χ1) is 5.88. The first-order valence-electron chi connectivity index (χ1n) is 3.92. The molecule has 0 atom stereocenters. The van der Waals surface area contributed by atoms with Crippen LogP contribution in [-0.4, -0.2) is 14.6 Å². The van der Waals surface area contributed by atoms with Gasteiger partial charge in [-0.05, 0) is 6.07 Å². The Morgan fingerprint density at radius 2 is 2.00 bits per heavy atom. The summed E-state index contributed by atoms with van der Waals surface area (Å²) in [6.07, 6.45) is 3.32. The van der Waals surface area contributed by atoms with Gasteiger partial charge in [-0.1, -0.05) is 13.8 Å². The van der Waals surface area contributed by atoms with Gasteiger partial charge in [-0.3, -0.25) is 0 Å². The molecule has 2 N–H and O–H groups in total. The van der Waals surface area contributed by atoms with Crippen molar-refractivity contribution in [3.8, 4) is 0 Å². The van der Waals surface area contributed by atoms with E-state index >= 15 is 0 Å². The Morgan fingerprint density at radius 3 is 2.67 bits per heavy atom. The van der Waals surface area contributed by atoms with Gasteiger partial charge in [0.2, 0.25) is 0 Å². The Labute approximate surface area is 71.0 Å². The van der Waals surface area contributed by atoms with E-state index in [-0.39, 0.29) is 0 Å². The molecular formula is C8H12N4. The zero-order valence-corrected chi connectivity index (χ0v) is 7.23. The summed E-state index contributed by atoms with van der Waals surface area (Å²) in [5.74, 6) is 0.606. The van der Waals surface area contributed by atoms with Gasteiger partial charge in [-0.15, -0.1) is 0 Å². The molecule has 0 unspecified atom stereocenters. The summed E-state index contributed by atoms with van der Waals surface area (Å²) in [5, 5.41) is 3.95. The number of hydrogen-bond acceptors (Lipinski definition) is 3. The van der Waals surface area contributed by atoms with Crippen molar-refractivity contribution in [3.63, 3.8) is 0 Å². The zero-order valence-electron chi connectivity index (χ0n) is 7.23. The lowest BCUT2D eigenvalue weighted by Gasteiger charge is -1.94. The van der Waals surface area contributed by atoms with Crippen LogP contribution in [0.3, 0.4) is 0 Å². The minimum atomic E-state index is 0.606. The van der Waals surface area contributed by atoms with Gasteiger partial charge in [0.25, 0.3) is 0 Å². The normalized spacial score (nSPS) is 9.17. The molecule has 64 valence electrons. The summed E-state index contributed by atoms with van der Waals surface area (Å²) >= 11 is 0. The molecule has 12 heavy (non-hydrogen) atoms. The number of hydrogen-bond donors (Lipinski definition) is 1. The fraction of sp³-hybridized carbons (Fsp3) is 0.250. The molecule has 0 saturated carbocycles. The van der Waals surface area contributed by atoms with Crippen molar-refractivity contribution in [2.24, 2.45) is 0 Å². The molecule has 0 spiro atoms. The van der Waals surface area contributed by atoms with Crippen LogP contribution in [0.4, 0.5) is 5.82 Å². The summed E-state index contributed by atoms with van der Waals surface area (Å²) in [5.41, 5.74) is 6.34. The molecule has 0 amide bonds. The predicted octanol–water partition coefficient (Wildman–Crippen LogP) is 1.34. The van der Waals surface area contributed by atoms with E-state index in [9.17, 15) is 0 Å². The number of anilines is 1. The van der Waals surface area contributed by atoms with Gasteiger partial charge in [0.05, 0.1) is 6.20 Å². The first kappa shape index (κ1) is 8.52. The van der Waals surface area contributed by atoms with Crippen molar-refractivity contribution in [3.05, 3.63) is 24.5 Å². The highest BCUT2D eigenvalue weighted by Gasteiger charge is 1.94. The fourth-order valence-electron chi connectivity index (χ4n) is 0.854. The highest BCUT2D eigenvalue weighted by atomic mass is 15.3. The molecule has 2 rings (SSSR count). The zero-order chi connectivity index (χ0) is 8.97. The average Bonchev–Trinajstić information content (AvgIpc) is 2.57. The van der Waals surface area contributed by atoms with Crippen LogP contribution in [0.1, 0.15) is 13.8 Å².